The quantitative estimate of drug-likeness (QED) is 0.519. The van der Waals surface area contributed by atoms with Crippen LogP contribution in [-0.2, 0) is 6.42 Å². The molecule has 1 atom stereocenters. The molecule has 0 bridgehead atoms. The Bertz CT molecular complexity index is 772. The van der Waals surface area contributed by atoms with Crippen molar-refractivity contribution in [3.05, 3.63) is 47.0 Å². The third-order valence-corrected chi connectivity index (χ3v) is 4.93. The molecule has 0 aliphatic rings. The van der Waals surface area contributed by atoms with Crippen LogP contribution in [0.15, 0.2) is 36.4 Å². The summed E-state index contributed by atoms with van der Waals surface area (Å²) < 4.78 is 0. The van der Waals surface area contributed by atoms with Gasteiger partial charge in [-0.25, -0.2) is 0 Å². The summed E-state index contributed by atoms with van der Waals surface area (Å²) in [6, 6.07) is 12.9. The summed E-state index contributed by atoms with van der Waals surface area (Å²) in [5.74, 6) is 0.802. The Balaban J connectivity index is 1.91. The van der Waals surface area contributed by atoms with E-state index in [0.717, 1.165) is 16.5 Å². The highest BCUT2D eigenvalue weighted by Crippen LogP contribution is 2.29. The van der Waals surface area contributed by atoms with E-state index in [2.05, 4.69) is 43.1 Å². The van der Waals surface area contributed by atoms with E-state index < -0.39 is 0 Å². The van der Waals surface area contributed by atoms with Crippen LogP contribution < -0.4 is 0 Å². The monoisotopic (exact) mass is 313 g/mol. The summed E-state index contributed by atoms with van der Waals surface area (Å²) in [6.45, 7) is 4.58. The van der Waals surface area contributed by atoms with Gasteiger partial charge in [0.1, 0.15) is 0 Å². The highest BCUT2D eigenvalue weighted by Gasteiger charge is 2.10. The molecule has 1 heterocycles. The zero-order chi connectivity index (χ0) is 15.5. The summed E-state index contributed by atoms with van der Waals surface area (Å²) in [6.07, 6.45) is 6.42. The Kier molecular flexibility index (Phi) is 4.73. The molecule has 0 fully saturated rings. The fraction of sp³-hybridized carbons (Fsp3) is 0.400. The number of H-pyrrole nitrogens is 1. The Hall–Kier alpha value is -1.47. The molecule has 0 radical (unpaired) electrons. The standard InChI is InChI=1S/C20H24ClN/c1-3-5-6-14(4-2)11-15-7-9-17-18-13-16(21)8-10-19(18)22-20(17)12-15/h7-10,12-14,22H,3-6,11H2,1-2H3. The van der Waals surface area contributed by atoms with Crippen molar-refractivity contribution in [2.75, 3.05) is 0 Å². The average Bonchev–Trinajstić information content (AvgIpc) is 2.88. The van der Waals surface area contributed by atoms with Crippen LogP contribution in [-0.4, -0.2) is 4.98 Å². The van der Waals surface area contributed by atoms with Crippen LogP contribution in [0.2, 0.25) is 5.02 Å². The van der Waals surface area contributed by atoms with E-state index in [1.807, 2.05) is 12.1 Å². The van der Waals surface area contributed by atoms with Gasteiger partial charge in [0.25, 0.3) is 0 Å². The number of aromatic amines is 1. The topological polar surface area (TPSA) is 15.8 Å². The number of hydrogen-bond acceptors (Lipinski definition) is 0. The number of hydrogen-bond donors (Lipinski definition) is 1. The van der Waals surface area contributed by atoms with Crippen LogP contribution in [0.25, 0.3) is 21.8 Å². The summed E-state index contributed by atoms with van der Waals surface area (Å²) in [4.78, 5) is 3.52. The van der Waals surface area contributed by atoms with Crippen LogP contribution in [0, 0.1) is 5.92 Å². The molecule has 1 N–H and O–H groups in total. The van der Waals surface area contributed by atoms with Gasteiger partial charge in [0.05, 0.1) is 0 Å². The highest BCUT2D eigenvalue weighted by atomic mass is 35.5. The Morgan fingerprint density at radius 3 is 2.64 bits per heavy atom. The lowest BCUT2D eigenvalue weighted by molar-refractivity contribution is 0.449. The van der Waals surface area contributed by atoms with E-state index in [1.54, 1.807) is 0 Å². The van der Waals surface area contributed by atoms with E-state index in [4.69, 9.17) is 11.6 Å². The minimum atomic E-state index is 0.795. The second kappa shape index (κ2) is 6.75. The molecule has 22 heavy (non-hydrogen) atoms. The fourth-order valence-electron chi connectivity index (χ4n) is 3.33. The zero-order valence-electron chi connectivity index (χ0n) is 13.5. The van der Waals surface area contributed by atoms with Gasteiger partial charge in [-0.2, -0.15) is 0 Å². The fourth-order valence-corrected chi connectivity index (χ4v) is 3.50. The van der Waals surface area contributed by atoms with E-state index >= 15 is 0 Å². The SMILES string of the molecule is CCCCC(CC)Cc1ccc2c(c1)[nH]c1ccc(Cl)cc12. The molecule has 0 saturated carbocycles. The number of halogens is 1. The first kappa shape index (κ1) is 15.4. The first-order valence-corrected chi connectivity index (χ1v) is 8.79. The van der Waals surface area contributed by atoms with Crippen molar-refractivity contribution >= 4 is 33.4 Å². The van der Waals surface area contributed by atoms with Crippen molar-refractivity contribution in [2.24, 2.45) is 5.92 Å². The van der Waals surface area contributed by atoms with Crippen LogP contribution in [0.5, 0.6) is 0 Å². The summed E-state index contributed by atoms with van der Waals surface area (Å²) in [5, 5.41) is 3.28. The number of fused-ring (bicyclic) bond motifs is 3. The smallest absolute Gasteiger partial charge is 0.0467 e. The van der Waals surface area contributed by atoms with Crippen molar-refractivity contribution in [1.29, 1.82) is 0 Å². The third kappa shape index (κ3) is 3.15. The van der Waals surface area contributed by atoms with Gasteiger partial charge in [0, 0.05) is 26.8 Å². The molecule has 1 aromatic heterocycles. The summed E-state index contributed by atoms with van der Waals surface area (Å²) in [7, 11) is 0. The molecule has 1 nitrogen and oxygen atoms in total. The first-order valence-electron chi connectivity index (χ1n) is 8.41. The minimum Gasteiger partial charge on any atom is -0.355 e. The van der Waals surface area contributed by atoms with Gasteiger partial charge in [0.15, 0.2) is 0 Å². The lowest BCUT2D eigenvalue weighted by Gasteiger charge is -2.14. The molecule has 0 spiro atoms. The van der Waals surface area contributed by atoms with Crippen molar-refractivity contribution in [2.45, 2.75) is 46.0 Å². The molecule has 116 valence electrons. The van der Waals surface area contributed by atoms with Crippen molar-refractivity contribution in [1.82, 2.24) is 4.98 Å². The van der Waals surface area contributed by atoms with Gasteiger partial charge in [-0.1, -0.05) is 63.3 Å². The van der Waals surface area contributed by atoms with Gasteiger partial charge in [-0.05, 0) is 42.2 Å². The Morgan fingerprint density at radius 1 is 1.00 bits per heavy atom. The van der Waals surface area contributed by atoms with Crippen LogP contribution >= 0.6 is 11.6 Å². The average molecular weight is 314 g/mol. The van der Waals surface area contributed by atoms with Gasteiger partial charge in [0.2, 0.25) is 0 Å². The molecule has 3 aromatic rings. The first-order chi connectivity index (χ1) is 10.7. The lowest BCUT2D eigenvalue weighted by atomic mass is 9.91. The molecule has 0 saturated heterocycles. The van der Waals surface area contributed by atoms with Gasteiger partial charge in [-0.3, -0.25) is 0 Å². The second-order valence-electron chi connectivity index (χ2n) is 6.32. The number of benzene rings is 2. The summed E-state index contributed by atoms with van der Waals surface area (Å²) >= 11 is 6.13. The van der Waals surface area contributed by atoms with Crippen LogP contribution in [0.4, 0.5) is 0 Å². The molecular formula is C20H24ClN. The second-order valence-corrected chi connectivity index (χ2v) is 6.75. The Labute approximate surface area is 137 Å². The molecule has 3 rings (SSSR count). The predicted molar refractivity (Wildman–Crippen MR) is 97.8 cm³/mol. The molecular weight excluding hydrogens is 290 g/mol. The van der Waals surface area contributed by atoms with Crippen molar-refractivity contribution < 1.29 is 0 Å². The third-order valence-electron chi connectivity index (χ3n) is 4.69. The number of nitrogens with one attached hydrogen (secondary N) is 1. The Morgan fingerprint density at radius 2 is 1.86 bits per heavy atom. The normalized spacial score (nSPS) is 13.0. The predicted octanol–water partition coefficient (Wildman–Crippen LogP) is 6.73. The van der Waals surface area contributed by atoms with E-state index in [1.165, 1.54) is 54.0 Å². The van der Waals surface area contributed by atoms with Gasteiger partial charge >= 0.3 is 0 Å². The van der Waals surface area contributed by atoms with E-state index in [9.17, 15) is 0 Å². The molecule has 2 heteroatoms. The van der Waals surface area contributed by atoms with Gasteiger partial charge < -0.3 is 4.98 Å². The maximum atomic E-state index is 6.13. The van der Waals surface area contributed by atoms with Crippen LogP contribution in [0.3, 0.4) is 0 Å². The zero-order valence-corrected chi connectivity index (χ0v) is 14.2. The van der Waals surface area contributed by atoms with E-state index in [0.29, 0.717) is 0 Å². The van der Waals surface area contributed by atoms with Crippen LogP contribution in [0.1, 0.15) is 45.1 Å². The molecule has 0 aliphatic heterocycles. The van der Waals surface area contributed by atoms with Crippen molar-refractivity contribution in [3.63, 3.8) is 0 Å². The van der Waals surface area contributed by atoms with Crippen molar-refractivity contribution in [3.8, 4) is 0 Å². The number of rotatable bonds is 6. The molecule has 2 aromatic carbocycles. The lowest BCUT2D eigenvalue weighted by Crippen LogP contribution is -2.03. The number of aromatic nitrogens is 1. The molecule has 0 aliphatic carbocycles. The van der Waals surface area contributed by atoms with E-state index in [-0.39, 0.29) is 0 Å². The highest BCUT2D eigenvalue weighted by molar-refractivity contribution is 6.31. The molecule has 0 amide bonds. The molecule has 1 unspecified atom stereocenters. The van der Waals surface area contributed by atoms with Gasteiger partial charge in [-0.15, -0.1) is 0 Å². The maximum absolute atomic E-state index is 6.13. The maximum Gasteiger partial charge on any atom is 0.0467 e. The number of unbranched alkanes of at least 4 members (excludes halogenated alkanes) is 1. The summed E-state index contributed by atoms with van der Waals surface area (Å²) in [5.41, 5.74) is 3.82. The largest absolute Gasteiger partial charge is 0.355 e. The minimum absolute atomic E-state index is 0.795.